The van der Waals surface area contributed by atoms with E-state index >= 15 is 0 Å². The zero-order chi connectivity index (χ0) is 24.1. The Morgan fingerprint density at radius 3 is 1.90 bits per heavy atom. The van der Waals surface area contributed by atoms with E-state index in [0.717, 1.165) is 0 Å². The minimum atomic E-state index is -1.21. The van der Waals surface area contributed by atoms with Crippen molar-refractivity contribution >= 4 is 41.4 Å². The molecule has 11 nitrogen and oxygen atoms in total. The molecule has 4 unspecified atom stereocenters. The lowest BCUT2D eigenvalue weighted by Gasteiger charge is -2.24. The number of hydrogen-bond donors (Lipinski definition) is 6. The number of rotatable bonds is 15. The van der Waals surface area contributed by atoms with Crippen molar-refractivity contribution in [3.8, 4) is 0 Å². The predicted octanol–water partition coefficient (Wildman–Crippen LogP) is -1.06. The second-order valence-corrected chi connectivity index (χ2v) is 8.70. The average molecular weight is 462 g/mol. The Kier molecular flexibility index (Phi) is 13.5. The number of aliphatic carboxylic acids is 1. The first-order valence-corrected chi connectivity index (χ1v) is 11.4. The highest BCUT2D eigenvalue weighted by molar-refractivity contribution is 7.98. The van der Waals surface area contributed by atoms with Gasteiger partial charge in [-0.2, -0.15) is 11.8 Å². The zero-order valence-corrected chi connectivity index (χ0v) is 19.3. The third kappa shape index (κ3) is 12.2. The van der Waals surface area contributed by atoms with Gasteiger partial charge in [-0.05, 0) is 44.1 Å². The molecule has 0 aromatic rings. The second-order valence-electron chi connectivity index (χ2n) is 7.71. The van der Waals surface area contributed by atoms with Crippen molar-refractivity contribution < 1.29 is 29.1 Å². The molecule has 4 atom stereocenters. The summed E-state index contributed by atoms with van der Waals surface area (Å²) in [6.45, 7) is 5.11. The molecule has 0 aliphatic heterocycles. The van der Waals surface area contributed by atoms with E-state index in [2.05, 4.69) is 16.0 Å². The molecule has 0 rings (SSSR count). The molecule has 0 saturated carbocycles. The van der Waals surface area contributed by atoms with Crippen molar-refractivity contribution in [2.75, 3.05) is 12.0 Å². The number of carbonyl (C=O) groups is 5. The maximum absolute atomic E-state index is 12.8. The van der Waals surface area contributed by atoms with E-state index in [0.29, 0.717) is 12.2 Å². The SMILES string of the molecule is CSCCC(NC(=O)C(CCC(N)=O)NC(=O)C(N)CC(C)C)C(=O)NC(C)C(=O)O. The van der Waals surface area contributed by atoms with Gasteiger partial charge >= 0.3 is 5.97 Å². The van der Waals surface area contributed by atoms with Crippen molar-refractivity contribution in [3.63, 3.8) is 0 Å². The Labute approximate surface area is 186 Å². The minimum absolute atomic E-state index is 0.0658. The molecule has 0 radical (unpaired) electrons. The van der Waals surface area contributed by atoms with Crippen LogP contribution in [0.4, 0.5) is 0 Å². The van der Waals surface area contributed by atoms with Crippen molar-refractivity contribution in [2.45, 2.75) is 70.6 Å². The molecule has 8 N–H and O–H groups in total. The highest BCUT2D eigenvalue weighted by Crippen LogP contribution is 2.07. The van der Waals surface area contributed by atoms with Gasteiger partial charge in [0, 0.05) is 6.42 Å². The number of amides is 4. The van der Waals surface area contributed by atoms with E-state index in [-0.39, 0.29) is 25.2 Å². The predicted molar refractivity (Wildman–Crippen MR) is 118 cm³/mol. The van der Waals surface area contributed by atoms with Gasteiger partial charge in [-0.15, -0.1) is 0 Å². The lowest BCUT2D eigenvalue weighted by atomic mass is 10.0. The van der Waals surface area contributed by atoms with Crippen molar-refractivity contribution in [1.29, 1.82) is 0 Å². The maximum Gasteiger partial charge on any atom is 0.325 e. The summed E-state index contributed by atoms with van der Waals surface area (Å²) in [5, 5.41) is 16.4. The number of carboxylic acid groups (broad SMARTS) is 1. The fourth-order valence-electron chi connectivity index (χ4n) is 2.60. The van der Waals surface area contributed by atoms with Gasteiger partial charge in [-0.3, -0.25) is 24.0 Å². The van der Waals surface area contributed by atoms with E-state index < -0.39 is 53.8 Å². The smallest absolute Gasteiger partial charge is 0.325 e. The highest BCUT2D eigenvalue weighted by atomic mass is 32.2. The molecule has 0 spiro atoms. The summed E-state index contributed by atoms with van der Waals surface area (Å²) in [5.41, 5.74) is 11.0. The van der Waals surface area contributed by atoms with Crippen LogP contribution in [0.15, 0.2) is 0 Å². The van der Waals surface area contributed by atoms with Gasteiger partial charge in [0.15, 0.2) is 0 Å². The maximum atomic E-state index is 12.8. The van der Waals surface area contributed by atoms with E-state index in [1.165, 1.54) is 18.7 Å². The quantitative estimate of drug-likeness (QED) is 0.177. The van der Waals surface area contributed by atoms with Crippen LogP contribution in [-0.4, -0.2) is 70.9 Å². The Balaban J connectivity index is 5.35. The summed E-state index contributed by atoms with van der Waals surface area (Å²) >= 11 is 1.45. The summed E-state index contributed by atoms with van der Waals surface area (Å²) in [7, 11) is 0. The van der Waals surface area contributed by atoms with Crippen molar-refractivity contribution in [2.24, 2.45) is 17.4 Å². The number of nitrogens with two attached hydrogens (primary N) is 2. The van der Waals surface area contributed by atoms with Gasteiger partial charge < -0.3 is 32.5 Å². The number of thioether (sulfide) groups is 1. The number of hydrogen-bond acceptors (Lipinski definition) is 7. The monoisotopic (exact) mass is 461 g/mol. The molecular formula is C19H35N5O6S. The van der Waals surface area contributed by atoms with E-state index in [1.807, 2.05) is 20.1 Å². The molecule has 0 aliphatic rings. The molecule has 0 heterocycles. The van der Waals surface area contributed by atoms with Gasteiger partial charge in [0.2, 0.25) is 23.6 Å². The largest absolute Gasteiger partial charge is 0.480 e. The second kappa shape index (κ2) is 14.6. The molecule has 4 amide bonds. The van der Waals surface area contributed by atoms with E-state index in [1.54, 1.807) is 0 Å². The topological polar surface area (TPSA) is 194 Å². The van der Waals surface area contributed by atoms with Gasteiger partial charge in [0.05, 0.1) is 6.04 Å². The summed E-state index contributed by atoms with van der Waals surface area (Å²) in [6, 6.07) is -4.12. The summed E-state index contributed by atoms with van der Waals surface area (Å²) < 4.78 is 0. The molecule has 178 valence electrons. The molecule has 0 aliphatic carbocycles. The Morgan fingerprint density at radius 1 is 0.903 bits per heavy atom. The molecule has 0 saturated heterocycles. The fourth-order valence-corrected chi connectivity index (χ4v) is 3.07. The number of carboxylic acids is 1. The lowest BCUT2D eigenvalue weighted by molar-refractivity contribution is -0.141. The summed E-state index contributed by atoms with van der Waals surface area (Å²) in [6.07, 6.45) is 2.25. The van der Waals surface area contributed by atoms with Crippen molar-refractivity contribution in [3.05, 3.63) is 0 Å². The van der Waals surface area contributed by atoms with Crippen LogP contribution >= 0.6 is 11.8 Å². The zero-order valence-electron chi connectivity index (χ0n) is 18.5. The van der Waals surface area contributed by atoms with Crippen LogP contribution in [0.3, 0.4) is 0 Å². The summed E-state index contributed by atoms with van der Waals surface area (Å²) in [5.74, 6) is -3.07. The Morgan fingerprint density at radius 2 is 1.42 bits per heavy atom. The molecule has 0 aromatic heterocycles. The molecule has 0 fully saturated rings. The molecule has 12 heteroatoms. The van der Waals surface area contributed by atoms with Gasteiger partial charge in [-0.1, -0.05) is 13.8 Å². The number of carbonyl (C=O) groups excluding carboxylic acids is 4. The lowest BCUT2D eigenvalue weighted by Crippen LogP contribution is -2.57. The highest BCUT2D eigenvalue weighted by Gasteiger charge is 2.29. The fraction of sp³-hybridized carbons (Fsp3) is 0.737. The molecule has 31 heavy (non-hydrogen) atoms. The Hall–Kier alpha value is -2.34. The third-order valence-electron chi connectivity index (χ3n) is 4.35. The van der Waals surface area contributed by atoms with Gasteiger partial charge in [0.1, 0.15) is 18.1 Å². The number of nitrogens with one attached hydrogen (secondary N) is 3. The average Bonchev–Trinajstić information content (AvgIpc) is 2.66. The standard InChI is InChI=1S/C19H35N5O6S/c1-10(2)9-12(20)16(26)23-13(5-6-15(21)25)18(28)24-14(7-8-31-4)17(27)22-11(3)19(29)30/h10-14H,5-9,20H2,1-4H3,(H2,21,25)(H,22,27)(H,23,26)(H,24,28)(H,29,30). The van der Waals surface area contributed by atoms with E-state index in [4.69, 9.17) is 16.6 Å². The number of primary amides is 1. The van der Waals surface area contributed by atoms with Crippen LogP contribution in [-0.2, 0) is 24.0 Å². The van der Waals surface area contributed by atoms with Crippen LogP contribution in [0.1, 0.15) is 46.5 Å². The van der Waals surface area contributed by atoms with Crippen LogP contribution in [0.5, 0.6) is 0 Å². The van der Waals surface area contributed by atoms with Crippen LogP contribution < -0.4 is 27.4 Å². The first-order valence-electron chi connectivity index (χ1n) is 10.1. The third-order valence-corrected chi connectivity index (χ3v) is 4.99. The normalized spacial score (nSPS) is 14.8. The molecule has 0 bridgehead atoms. The molecular weight excluding hydrogens is 426 g/mol. The Bertz CT molecular complexity index is 645. The van der Waals surface area contributed by atoms with E-state index in [9.17, 15) is 24.0 Å². The summed E-state index contributed by atoms with van der Waals surface area (Å²) in [4.78, 5) is 59.8. The minimum Gasteiger partial charge on any atom is -0.480 e. The van der Waals surface area contributed by atoms with Crippen LogP contribution in [0.25, 0.3) is 0 Å². The van der Waals surface area contributed by atoms with Crippen LogP contribution in [0.2, 0.25) is 0 Å². The first-order chi connectivity index (χ1) is 14.4. The van der Waals surface area contributed by atoms with Crippen molar-refractivity contribution in [1.82, 2.24) is 16.0 Å². The first kappa shape index (κ1) is 28.7. The van der Waals surface area contributed by atoms with Crippen LogP contribution in [0, 0.1) is 5.92 Å². The van der Waals surface area contributed by atoms with Gasteiger partial charge in [-0.25, -0.2) is 0 Å². The molecule has 0 aromatic carbocycles. The van der Waals surface area contributed by atoms with Gasteiger partial charge in [0.25, 0.3) is 0 Å².